The summed E-state index contributed by atoms with van der Waals surface area (Å²) in [6, 6.07) is 11.0. The van der Waals surface area contributed by atoms with E-state index in [0.717, 1.165) is 17.5 Å². The molecule has 0 amide bonds. The van der Waals surface area contributed by atoms with Crippen LogP contribution in [0.3, 0.4) is 0 Å². The number of hydrogen-bond donors (Lipinski definition) is 1. The third-order valence-corrected chi connectivity index (χ3v) is 5.52. The first-order chi connectivity index (χ1) is 12.8. The van der Waals surface area contributed by atoms with Gasteiger partial charge in [-0.25, -0.2) is 13.1 Å². The molecule has 0 radical (unpaired) electrons. The van der Waals surface area contributed by atoms with Crippen molar-refractivity contribution in [1.82, 2.24) is 19.5 Å². The Kier molecular flexibility index (Phi) is 5.02. The number of nitro benzene ring substituents is 1. The van der Waals surface area contributed by atoms with Crippen molar-refractivity contribution in [3.63, 3.8) is 0 Å². The fourth-order valence-corrected chi connectivity index (χ4v) is 3.87. The second-order valence-corrected chi connectivity index (χ2v) is 7.63. The zero-order chi connectivity index (χ0) is 19.6. The maximum absolute atomic E-state index is 12.6. The van der Waals surface area contributed by atoms with Gasteiger partial charge in [0, 0.05) is 25.4 Å². The van der Waals surface area contributed by atoms with Gasteiger partial charge in [-0.05, 0) is 30.7 Å². The van der Waals surface area contributed by atoms with Crippen LogP contribution in [0.5, 0.6) is 0 Å². The molecule has 0 bridgehead atoms. The van der Waals surface area contributed by atoms with Crippen LogP contribution in [0.25, 0.3) is 11.4 Å². The van der Waals surface area contributed by atoms with Gasteiger partial charge in [-0.2, -0.15) is 5.10 Å². The number of nitro groups is 1. The zero-order valence-electron chi connectivity index (χ0n) is 14.7. The Bertz CT molecular complexity index is 1090. The maximum Gasteiger partial charge on any atom is 0.270 e. The number of benzene rings is 1. The fraction of sp³-hybridized carbons (Fsp3) is 0.176. The molecule has 2 aromatic heterocycles. The number of nitrogens with one attached hydrogen (secondary N) is 1. The topological polar surface area (TPSA) is 120 Å². The summed E-state index contributed by atoms with van der Waals surface area (Å²) < 4.78 is 29.2. The van der Waals surface area contributed by atoms with Gasteiger partial charge in [0.2, 0.25) is 10.0 Å². The minimum Gasteiger partial charge on any atom is -0.266 e. The molecule has 0 aliphatic heterocycles. The highest BCUT2D eigenvalue weighted by atomic mass is 32.2. The molecule has 0 aliphatic rings. The number of non-ortho nitro benzene ring substituents is 1. The minimum atomic E-state index is -3.93. The Labute approximate surface area is 155 Å². The van der Waals surface area contributed by atoms with E-state index in [1.165, 1.54) is 12.1 Å². The molecule has 0 fully saturated rings. The van der Waals surface area contributed by atoms with Crippen LogP contribution in [-0.2, 0) is 23.6 Å². The molecule has 1 N–H and O–H groups in total. The third-order valence-electron chi connectivity index (χ3n) is 3.97. The minimum absolute atomic E-state index is 0.0505. The smallest absolute Gasteiger partial charge is 0.266 e. The lowest BCUT2D eigenvalue weighted by molar-refractivity contribution is -0.385. The SMILES string of the molecule is Cc1ccc([N+](=O)[O-])cc1S(=O)(=O)NCc1cc(-c2ccccn2)n(C)n1. The highest BCUT2D eigenvalue weighted by molar-refractivity contribution is 7.89. The standard InChI is InChI=1S/C17H17N5O4S/c1-12-6-7-14(22(23)24)10-17(12)27(25,26)19-11-13-9-16(21(2)20-13)15-5-3-4-8-18-15/h3-10,19H,11H2,1-2H3. The van der Waals surface area contributed by atoms with Gasteiger partial charge in [0.05, 0.1) is 33.4 Å². The lowest BCUT2D eigenvalue weighted by Gasteiger charge is -2.08. The fourth-order valence-electron chi connectivity index (χ4n) is 2.61. The molecule has 0 saturated heterocycles. The van der Waals surface area contributed by atoms with Gasteiger partial charge in [0.1, 0.15) is 0 Å². The summed E-state index contributed by atoms with van der Waals surface area (Å²) in [5.74, 6) is 0. The van der Waals surface area contributed by atoms with Gasteiger partial charge in [-0.15, -0.1) is 0 Å². The van der Waals surface area contributed by atoms with Crippen LogP contribution in [0.15, 0.2) is 53.6 Å². The van der Waals surface area contributed by atoms with Gasteiger partial charge in [0.15, 0.2) is 0 Å². The third kappa shape index (κ3) is 4.01. The van der Waals surface area contributed by atoms with Crippen LogP contribution >= 0.6 is 0 Å². The monoisotopic (exact) mass is 387 g/mol. The van der Waals surface area contributed by atoms with Gasteiger partial charge in [-0.3, -0.25) is 19.8 Å². The van der Waals surface area contributed by atoms with Crippen LogP contribution in [0.4, 0.5) is 5.69 Å². The number of nitrogens with zero attached hydrogens (tertiary/aromatic N) is 4. The van der Waals surface area contributed by atoms with Crippen molar-refractivity contribution >= 4 is 15.7 Å². The molecule has 10 heteroatoms. The molecule has 0 aliphatic carbocycles. The van der Waals surface area contributed by atoms with E-state index in [1.807, 2.05) is 12.1 Å². The number of sulfonamides is 1. The lowest BCUT2D eigenvalue weighted by atomic mass is 10.2. The predicted molar refractivity (Wildman–Crippen MR) is 98.3 cm³/mol. The van der Waals surface area contributed by atoms with E-state index < -0.39 is 14.9 Å². The van der Waals surface area contributed by atoms with Crippen molar-refractivity contribution in [2.45, 2.75) is 18.4 Å². The van der Waals surface area contributed by atoms with E-state index >= 15 is 0 Å². The second-order valence-electron chi connectivity index (χ2n) is 5.89. The quantitative estimate of drug-likeness (QED) is 0.511. The molecule has 1 aromatic carbocycles. The van der Waals surface area contributed by atoms with Gasteiger partial charge >= 0.3 is 0 Å². The van der Waals surface area contributed by atoms with Gasteiger partial charge in [0.25, 0.3) is 5.69 Å². The summed E-state index contributed by atoms with van der Waals surface area (Å²) >= 11 is 0. The Balaban J connectivity index is 1.83. The summed E-state index contributed by atoms with van der Waals surface area (Å²) in [5, 5.41) is 15.2. The molecule has 9 nitrogen and oxygen atoms in total. The predicted octanol–water partition coefficient (Wildman–Crippen LogP) is 2.18. The maximum atomic E-state index is 12.6. The van der Waals surface area contributed by atoms with E-state index in [-0.39, 0.29) is 17.1 Å². The molecule has 0 unspecified atom stereocenters. The van der Waals surface area contributed by atoms with Crippen molar-refractivity contribution < 1.29 is 13.3 Å². The van der Waals surface area contributed by atoms with Crippen LogP contribution in [0.2, 0.25) is 0 Å². The zero-order valence-corrected chi connectivity index (χ0v) is 15.5. The first-order valence-corrected chi connectivity index (χ1v) is 9.45. The molecule has 140 valence electrons. The first kappa shape index (κ1) is 18.7. The molecule has 2 heterocycles. The van der Waals surface area contributed by atoms with Crippen molar-refractivity contribution in [3.05, 3.63) is 70.0 Å². The van der Waals surface area contributed by atoms with E-state index in [1.54, 1.807) is 37.0 Å². The molecular formula is C17H17N5O4S. The van der Waals surface area contributed by atoms with Gasteiger partial charge < -0.3 is 0 Å². The average Bonchev–Trinajstić information content (AvgIpc) is 3.01. The van der Waals surface area contributed by atoms with Crippen molar-refractivity contribution in [2.24, 2.45) is 7.05 Å². The molecule has 0 saturated carbocycles. The first-order valence-electron chi connectivity index (χ1n) is 7.97. The Morgan fingerprint density at radius 2 is 2.00 bits per heavy atom. The number of rotatable bonds is 6. The van der Waals surface area contributed by atoms with Crippen LogP contribution in [0.1, 0.15) is 11.3 Å². The summed E-state index contributed by atoms with van der Waals surface area (Å²) in [6.07, 6.45) is 1.66. The van der Waals surface area contributed by atoms with Crippen molar-refractivity contribution in [3.8, 4) is 11.4 Å². The molecular weight excluding hydrogens is 370 g/mol. The highest BCUT2D eigenvalue weighted by Crippen LogP contribution is 2.22. The van der Waals surface area contributed by atoms with E-state index in [0.29, 0.717) is 11.3 Å². The van der Waals surface area contributed by atoms with Gasteiger partial charge in [-0.1, -0.05) is 12.1 Å². The summed E-state index contributed by atoms with van der Waals surface area (Å²) in [7, 11) is -2.19. The van der Waals surface area contributed by atoms with E-state index in [2.05, 4.69) is 14.8 Å². The van der Waals surface area contributed by atoms with Crippen molar-refractivity contribution in [2.75, 3.05) is 0 Å². The Morgan fingerprint density at radius 1 is 1.22 bits per heavy atom. The van der Waals surface area contributed by atoms with Crippen LogP contribution in [0, 0.1) is 17.0 Å². The summed E-state index contributed by atoms with van der Waals surface area (Å²) in [4.78, 5) is 14.4. The molecule has 3 aromatic rings. The van der Waals surface area contributed by atoms with E-state index in [9.17, 15) is 18.5 Å². The molecule has 27 heavy (non-hydrogen) atoms. The molecule has 0 spiro atoms. The highest BCUT2D eigenvalue weighted by Gasteiger charge is 2.21. The number of aryl methyl sites for hydroxylation is 2. The number of hydrogen-bond acceptors (Lipinski definition) is 6. The second kappa shape index (κ2) is 7.25. The molecule has 3 rings (SSSR count). The lowest BCUT2D eigenvalue weighted by Crippen LogP contribution is -2.24. The Morgan fingerprint density at radius 3 is 2.67 bits per heavy atom. The summed E-state index contributed by atoms with van der Waals surface area (Å²) in [6.45, 7) is 1.53. The number of aromatic nitrogens is 3. The normalized spacial score (nSPS) is 11.5. The van der Waals surface area contributed by atoms with Crippen LogP contribution in [-0.4, -0.2) is 28.1 Å². The largest absolute Gasteiger partial charge is 0.270 e. The van der Waals surface area contributed by atoms with Crippen molar-refractivity contribution in [1.29, 1.82) is 0 Å². The average molecular weight is 387 g/mol. The summed E-state index contributed by atoms with van der Waals surface area (Å²) in [5.41, 5.74) is 2.11. The van der Waals surface area contributed by atoms with E-state index in [4.69, 9.17) is 0 Å². The van der Waals surface area contributed by atoms with Crippen LogP contribution < -0.4 is 4.72 Å². The Hall–Kier alpha value is -3.11. The molecule has 0 atom stereocenters. The number of pyridine rings is 1.